The van der Waals surface area contributed by atoms with Gasteiger partial charge in [-0.15, -0.1) is 0 Å². The van der Waals surface area contributed by atoms with E-state index < -0.39 is 11.8 Å². The Kier molecular flexibility index (Phi) is 5.39. The summed E-state index contributed by atoms with van der Waals surface area (Å²) in [5.41, 5.74) is 3.77. The maximum atomic E-state index is 12.1. The molecule has 0 heterocycles. The highest BCUT2D eigenvalue weighted by Crippen LogP contribution is 2.25. The summed E-state index contributed by atoms with van der Waals surface area (Å²) < 4.78 is 0. The van der Waals surface area contributed by atoms with Crippen molar-refractivity contribution in [3.05, 3.63) is 65.2 Å². The molecule has 126 valence electrons. The van der Waals surface area contributed by atoms with E-state index in [2.05, 4.69) is 10.6 Å². The lowest BCUT2D eigenvalue weighted by atomic mass is 9.82. The summed E-state index contributed by atoms with van der Waals surface area (Å²) in [6, 6.07) is 15.4. The standard InChI is InChI=1S/C20H24N2O2/c1-14-9-11-16(12-10-14)22-19(24)18(23)21-13-20(3,4)17-8-6-5-7-15(17)2/h5-12H,13H2,1-4H3,(H,21,23)(H,22,24). The molecule has 0 bridgehead atoms. The molecular weight excluding hydrogens is 300 g/mol. The predicted octanol–water partition coefficient (Wildman–Crippen LogP) is 3.34. The number of nitrogens with one attached hydrogen (secondary N) is 2. The second-order valence-corrected chi connectivity index (χ2v) is 6.70. The molecule has 2 aromatic rings. The van der Waals surface area contributed by atoms with Gasteiger partial charge in [0, 0.05) is 17.6 Å². The fraction of sp³-hybridized carbons (Fsp3) is 0.300. The third-order valence-electron chi connectivity index (χ3n) is 4.08. The molecule has 0 fully saturated rings. The van der Waals surface area contributed by atoms with Gasteiger partial charge < -0.3 is 10.6 Å². The minimum atomic E-state index is -0.653. The molecule has 0 spiro atoms. The lowest BCUT2D eigenvalue weighted by Gasteiger charge is -2.27. The molecule has 0 aliphatic rings. The van der Waals surface area contributed by atoms with Crippen molar-refractivity contribution in [2.75, 3.05) is 11.9 Å². The first kappa shape index (κ1) is 17.7. The van der Waals surface area contributed by atoms with Crippen molar-refractivity contribution < 1.29 is 9.59 Å². The van der Waals surface area contributed by atoms with Crippen LogP contribution in [-0.2, 0) is 15.0 Å². The number of hydrogen-bond acceptors (Lipinski definition) is 2. The Hall–Kier alpha value is -2.62. The van der Waals surface area contributed by atoms with E-state index in [1.807, 2.05) is 64.1 Å². The predicted molar refractivity (Wildman–Crippen MR) is 97.0 cm³/mol. The van der Waals surface area contributed by atoms with Crippen molar-refractivity contribution in [1.29, 1.82) is 0 Å². The lowest BCUT2D eigenvalue weighted by molar-refractivity contribution is -0.136. The van der Waals surface area contributed by atoms with Gasteiger partial charge in [-0.25, -0.2) is 0 Å². The summed E-state index contributed by atoms with van der Waals surface area (Å²) in [4.78, 5) is 24.0. The lowest BCUT2D eigenvalue weighted by Crippen LogP contribution is -2.42. The van der Waals surface area contributed by atoms with E-state index in [9.17, 15) is 9.59 Å². The first-order valence-corrected chi connectivity index (χ1v) is 8.01. The van der Waals surface area contributed by atoms with Crippen molar-refractivity contribution >= 4 is 17.5 Å². The molecule has 2 rings (SSSR count). The number of rotatable bonds is 4. The summed E-state index contributed by atoms with van der Waals surface area (Å²) in [7, 11) is 0. The number of amides is 2. The zero-order valence-electron chi connectivity index (χ0n) is 14.6. The Morgan fingerprint density at radius 1 is 0.917 bits per heavy atom. The zero-order valence-corrected chi connectivity index (χ0v) is 14.6. The van der Waals surface area contributed by atoms with Crippen LogP contribution in [0.5, 0.6) is 0 Å². The summed E-state index contributed by atoms with van der Waals surface area (Å²) in [5.74, 6) is -1.28. The maximum Gasteiger partial charge on any atom is 0.313 e. The van der Waals surface area contributed by atoms with Crippen molar-refractivity contribution in [2.24, 2.45) is 0 Å². The average molecular weight is 324 g/mol. The highest BCUT2D eigenvalue weighted by molar-refractivity contribution is 6.39. The molecule has 2 amide bonds. The Morgan fingerprint density at radius 3 is 2.17 bits per heavy atom. The van der Waals surface area contributed by atoms with Crippen LogP contribution in [0.15, 0.2) is 48.5 Å². The van der Waals surface area contributed by atoms with Gasteiger partial charge in [0.25, 0.3) is 0 Å². The third-order valence-corrected chi connectivity index (χ3v) is 4.08. The van der Waals surface area contributed by atoms with Crippen LogP contribution in [0.1, 0.15) is 30.5 Å². The van der Waals surface area contributed by atoms with Crippen LogP contribution in [0, 0.1) is 13.8 Å². The Labute approximate surface area is 143 Å². The average Bonchev–Trinajstić information content (AvgIpc) is 2.55. The van der Waals surface area contributed by atoms with E-state index in [1.165, 1.54) is 5.56 Å². The minimum Gasteiger partial charge on any atom is -0.347 e. The Bertz CT molecular complexity index is 734. The Balaban J connectivity index is 1.95. The summed E-state index contributed by atoms with van der Waals surface area (Å²) in [6.45, 7) is 8.49. The quantitative estimate of drug-likeness (QED) is 0.848. The van der Waals surface area contributed by atoms with E-state index in [1.54, 1.807) is 12.1 Å². The molecular formula is C20H24N2O2. The topological polar surface area (TPSA) is 58.2 Å². The number of hydrogen-bond donors (Lipinski definition) is 2. The monoisotopic (exact) mass is 324 g/mol. The second kappa shape index (κ2) is 7.30. The van der Waals surface area contributed by atoms with E-state index >= 15 is 0 Å². The van der Waals surface area contributed by atoms with Gasteiger partial charge in [-0.3, -0.25) is 9.59 Å². The minimum absolute atomic E-state index is 0.259. The van der Waals surface area contributed by atoms with Gasteiger partial charge in [0.05, 0.1) is 0 Å². The van der Waals surface area contributed by atoms with Gasteiger partial charge in [0.1, 0.15) is 0 Å². The molecule has 0 saturated heterocycles. The van der Waals surface area contributed by atoms with Crippen molar-refractivity contribution in [3.63, 3.8) is 0 Å². The van der Waals surface area contributed by atoms with E-state index in [0.29, 0.717) is 12.2 Å². The van der Waals surface area contributed by atoms with Gasteiger partial charge in [-0.05, 0) is 37.1 Å². The maximum absolute atomic E-state index is 12.1. The number of aryl methyl sites for hydroxylation is 2. The van der Waals surface area contributed by atoms with Crippen molar-refractivity contribution in [2.45, 2.75) is 33.1 Å². The van der Waals surface area contributed by atoms with E-state index in [4.69, 9.17) is 0 Å². The molecule has 4 heteroatoms. The molecule has 0 unspecified atom stereocenters. The molecule has 2 aromatic carbocycles. The van der Waals surface area contributed by atoms with Crippen LogP contribution < -0.4 is 10.6 Å². The molecule has 0 aliphatic heterocycles. The fourth-order valence-electron chi connectivity index (χ4n) is 2.63. The first-order chi connectivity index (χ1) is 11.3. The highest BCUT2D eigenvalue weighted by Gasteiger charge is 2.24. The highest BCUT2D eigenvalue weighted by atomic mass is 16.2. The SMILES string of the molecule is Cc1ccc(NC(=O)C(=O)NCC(C)(C)c2ccccc2C)cc1. The van der Waals surface area contributed by atoms with E-state index in [-0.39, 0.29) is 5.41 Å². The number of benzene rings is 2. The number of carbonyl (C=O) groups is 2. The van der Waals surface area contributed by atoms with Crippen LogP contribution in [0.4, 0.5) is 5.69 Å². The Morgan fingerprint density at radius 2 is 1.54 bits per heavy atom. The van der Waals surface area contributed by atoms with Crippen LogP contribution in [0.3, 0.4) is 0 Å². The van der Waals surface area contributed by atoms with Gasteiger partial charge in [-0.1, -0.05) is 55.8 Å². The van der Waals surface area contributed by atoms with E-state index in [0.717, 1.165) is 11.1 Å². The van der Waals surface area contributed by atoms with Crippen LogP contribution in [0.25, 0.3) is 0 Å². The van der Waals surface area contributed by atoms with Gasteiger partial charge in [0.15, 0.2) is 0 Å². The summed E-state index contributed by atoms with van der Waals surface area (Å²) in [5, 5.41) is 5.33. The van der Waals surface area contributed by atoms with Gasteiger partial charge >= 0.3 is 11.8 Å². The largest absolute Gasteiger partial charge is 0.347 e. The van der Waals surface area contributed by atoms with Crippen molar-refractivity contribution in [3.8, 4) is 0 Å². The normalized spacial score (nSPS) is 11.0. The molecule has 24 heavy (non-hydrogen) atoms. The second-order valence-electron chi connectivity index (χ2n) is 6.70. The van der Waals surface area contributed by atoms with Gasteiger partial charge in [0.2, 0.25) is 0 Å². The summed E-state index contributed by atoms with van der Waals surface area (Å²) >= 11 is 0. The molecule has 0 saturated carbocycles. The first-order valence-electron chi connectivity index (χ1n) is 8.01. The van der Waals surface area contributed by atoms with Crippen LogP contribution in [0.2, 0.25) is 0 Å². The molecule has 2 N–H and O–H groups in total. The number of carbonyl (C=O) groups excluding carboxylic acids is 2. The fourth-order valence-corrected chi connectivity index (χ4v) is 2.63. The number of anilines is 1. The molecule has 0 aliphatic carbocycles. The zero-order chi connectivity index (χ0) is 17.7. The molecule has 0 radical (unpaired) electrons. The van der Waals surface area contributed by atoms with Crippen LogP contribution in [-0.4, -0.2) is 18.4 Å². The molecule has 0 aromatic heterocycles. The van der Waals surface area contributed by atoms with Gasteiger partial charge in [-0.2, -0.15) is 0 Å². The third kappa shape index (κ3) is 4.44. The molecule has 0 atom stereocenters. The van der Waals surface area contributed by atoms with Crippen molar-refractivity contribution in [1.82, 2.24) is 5.32 Å². The van der Waals surface area contributed by atoms with Crippen LogP contribution >= 0.6 is 0 Å². The molecule has 4 nitrogen and oxygen atoms in total. The summed E-state index contributed by atoms with van der Waals surface area (Å²) in [6.07, 6.45) is 0. The smallest absolute Gasteiger partial charge is 0.313 e.